The Bertz CT molecular complexity index is 465. The van der Waals surface area contributed by atoms with Gasteiger partial charge in [-0.2, -0.15) is 11.8 Å². The standard InChI is InChI=1S/C17H27N3S.HI/c1-3-18-17(19-10-6-7-11-21-2)20-13-15-12-14-8-4-5-9-16(14)15;/h4-5,8-9,15H,3,6-7,10-13H2,1-2H3,(H2,18,19,20);1H. The van der Waals surface area contributed by atoms with Crippen LogP contribution >= 0.6 is 35.7 Å². The van der Waals surface area contributed by atoms with E-state index in [1.165, 1.54) is 36.1 Å². The molecule has 0 heterocycles. The van der Waals surface area contributed by atoms with Gasteiger partial charge in [0.05, 0.1) is 0 Å². The van der Waals surface area contributed by atoms with E-state index in [0.29, 0.717) is 5.92 Å². The van der Waals surface area contributed by atoms with Gasteiger partial charge in [0.15, 0.2) is 5.96 Å². The van der Waals surface area contributed by atoms with Gasteiger partial charge in [0.1, 0.15) is 0 Å². The summed E-state index contributed by atoms with van der Waals surface area (Å²) >= 11 is 1.92. The molecule has 22 heavy (non-hydrogen) atoms. The second kappa shape index (κ2) is 11.2. The summed E-state index contributed by atoms with van der Waals surface area (Å²) in [6.07, 6.45) is 5.81. The molecule has 124 valence electrons. The number of nitrogens with one attached hydrogen (secondary N) is 2. The van der Waals surface area contributed by atoms with E-state index in [1.807, 2.05) is 11.8 Å². The number of fused-ring (bicyclic) bond motifs is 1. The Morgan fingerprint density at radius 1 is 1.27 bits per heavy atom. The molecule has 0 fully saturated rings. The van der Waals surface area contributed by atoms with Gasteiger partial charge in [0.25, 0.3) is 0 Å². The summed E-state index contributed by atoms with van der Waals surface area (Å²) in [5, 5.41) is 6.77. The van der Waals surface area contributed by atoms with Gasteiger partial charge in [-0.1, -0.05) is 24.3 Å². The fourth-order valence-electron chi connectivity index (χ4n) is 2.65. The second-order valence-electron chi connectivity index (χ2n) is 5.45. The second-order valence-corrected chi connectivity index (χ2v) is 6.43. The number of hydrogen-bond donors (Lipinski definition) is 2. The van der Waals surface area contributed by atoms with Crippen molar-refractivity contribution in [2.75, 3.05) is 31.6 Å². The molecular weight excluding hydrogens is 405 g/mol. The largest absolute Gasteiger partial charge is 0.357 e. The molecule has 0 aliphatic heterocycles. The Kier molecular flexibility index (Phi) is 9.95. The summed E-state index contributed by atoms with van der Waals surface area (Å²) in [4.78, 5) is 4.74. The predicted molar refractivity (Wildman–Crippen MR) is 110 cm³/mol. The van der Waals surface area contributed by atoms with Crippen LogP contribution in [0.2, 0.25) is 0 Å². The van der Waals surface area contributed by atoms with Crippen LogP contribution in [-0.4, -0.2) is 37.6 Å². The highest BCUT2D eigenvalue weighted by Gasteiger charge is 2.24. The van der Waals surface area contributed by atoms with Gasteiger partial charge in [-0.3, -0.25) is 4.99 Å². The Balaban J connectivity index is 0.00000242. The lowest BCUT2D eigenvalue weighted by Crippen LogP contribution is -2.38. The van der Waals surface area contributed by atoms with E-state index in [1.54, 1.807) is 0 Å². The summed E-state index contributed by atoms with van der Waals surface area (Å²) in [6, 6.07) is 8.72. The first-order valence-corrected chi connectivity index (χ1v) is 9.33. The van der Waals surface area contributed by atoms with Gasteiger partial charge in [-0.15, -0.1) is 24.0 Å². The average molecular weight is 433 g/mol. The Labute approximate surface area is 156 Å². The fraction of sp³-hybridized carbons (Fsp3) is 0.588. The molecule has 0 bridgehead atoms. The highest BCUT2D eigenvalue weighted by molar-refractivity contribution is 14.0. The Morgan fingerprint density at radius 3 is 2.82 bits per heavy atom. The molecule has 0 aromatic heterocycles. The van der Waals surface area contributed by atoms with E-state index < -0.39 is 0 Å². The van der Waals surface area contributed by atoms with Crippen LogP contribution in [0.5, 0.6) is 0 Å². The molecule has 0 radical (unpaired) electrons. The fourth-order valence-corrected chi connectivity index (χ4v) is 3.14. The smallest absolute Gasteiger partial charge is 0.191 e. The maximum atomic E-state index is 4.74. The lowest BCUT2D eigenvalue weighted by molar-refractivity contribution is 0.613. The molecule has 0 spiro atoms. The number of hydrogen-bond acceptors (Lipinski definition) is 2. The van der Waals surface area contributed by atoms with Crippen LogP contribution in [-0.2, 0) is 6.42 Å². The van der Waals surface area contributed by atoms with Crippen molar-refractivity contribution >= 4 is 41.7 Å². The van der Waals surface area contributed by atoms with E-state index in [0.717, 1.165) is 25.6 Å². The van der Waals surface area contributed by atoms with Crippen LogP contribution in [0.4, 0.5) is 0 Å². The van der Waals surface area contributed by atoms with Crippen molar-refractivity contribution in [2.24, 2.45) is 4.99 Å². The summed E-state index contributed by atoms with van der Waals surface area (Å²) in [6.45, 7) is 4.92. The van der Waals surface area contributed by atoms with E-state index in [4.69, 9.17) is 4.99 Å². The molecule has 0 saturated carbocycles. The van der Waals surface area contributed by atoms with Crippen molar-refractivity contribution in [3.8, 4) is 0 Å². The van der Waals surface area contributed by atoms with Gasteiger partial charge in [0, 0.05) is 25.6 Å². The van der Waals surface area contributed by atoms with Crippen molar-refractivity contribution in [3.05, 3.63) is 35.4 Å². The average Bonchev–Trinajstić information content (AvgIpc) is 2.48. The van der Waals surface area contributed by atoms with Crippen LogP contribution in [0.3, 0.4) is 0 Å². The first-order valence-electron chi connectivity index (χ1n) is 7.94. The number of thioether (sulfide) groups is 1. The minimum absolute atomic E-state index is 0. The summed E-state index contributed by atoms with van der Waals surface area (Å²) < 4.78 is 0. The molecule has 5 heteroatoms. The molecule has 1 aliphatic rings. The Morgan fingerprint density at radius 2 is 2.09 bits per heavy atom. The zero-order valence-electron chi connectivity index (χ0n) is 13.6. The number of guanidine groups is 1. The van der Waals surface area contributed by atoms with E-state index in [2.05, 4.69) is 48.1 Å². The van der Waals surface area contributed by atoms with Crippen molar-refractivity contribution in [1.82, 2.24) is 10.6 Å². The van der Waals surface area contributed by atoms with Gasteiger partial charge in [-0.25, -0.2) is 0 Å². The maximum absolute atomic E-state index is 4.74. The monoisotopic (exact) mass is 433 g/mol. The minimum atomic E-state index is 0. The SMILES string of the molecule is CCNC(=NCC1Cc2ccccc21)NCCCCSC.I. The lowest BCUT2D eigenvalue weighted by Gasteiger charge is -2.28. The van der Waals surface area contributed by atoms with Gasteiger partial charge in [-0.05, 0) is 49.3 Å². The van der Waals surface area contributed by atoms with E-state index in [-0.39, 0.29) is 24.0 Å². The summed E-state index contributed by atoms with van der Waals surface area (Å²) in [7, 11) is 0. The van der Waals surface area contributed by atoms with E-state index >= 15 is 0 Å². The third-order valence-electron chi connectivity index (χ3n) is 3.84. The number of rotatable bonds is 8. The third kappa shape index (κ3) is 5.99. The molecule has 1 aromatic rings. The van der Waals surface area contributed by atoms with Crippen molar-refractivity contribution in [1.29, 1.82) is 0 Å². The number of unbranched alkanes of at least 4 members (excludes halogenated alkanes) is 1. The van der Waals surface area contributed by atoms with Gasteiger partial charge < -0.3 is 10.6 Å². The molecule has 0 amide bonds. The molecule has 3 nitrogen and oxygen atoms in total. The number of aliphatic imine (C=N–C) groups is 1. The van der Waals surface area contributed by atoms with E-state index in [9.17, 15) is 0 Å². The number of benzene rings is 1. The van der Waals surface area contributed by atoms with Crippen LogP contribution in [0.15, 0.2) is 29.3 Å². The zero-order valence-corrected chi connectivity index (χ0v) is 16.7. The highest BCUT2D eigenvalue weighted by Crippen LogP contribution is 2.34. The highest BCUT2D eigenvalue weighted by atomic mass is 127. The van der Waals surface area contributed by atoms with Crippen LogP contribution < -0.4 is 10.6 Å². The summed E-state index contributed by atoms with van der Waals surface area (Å²) in [5.41, 5.74) is 2.98. The molecule has 1 unspecified atom stereocenters. The summed E-state index contributed by atoms with van der Waals surface area (Å²) in [5.74, 6) is 2.81. The quantitative estimate of drug-likeness (QED) is 0.285. The van der Waals surface area contributed by atoms with Gasteiger partial charge in [0.2, 0.25) is 0 Å². The van der Waals surface area contributed by atoms with Crippen LogP contribution in [0, 0.1) is 0 Å². The van der Waals surface area contributed by atoms with Crippen molar-refractivity contribution < 1.29 is 0 Å². The lowest BCUT2D eigenvalue weighted by atomic mass is 9.78. The topological polar surface area (TPSA) is 36.4 Å². The molecule has 1 aliphatic carbocycles. The first kappa shape index (κ1) is 19.6. The van der Waals surface area contributed by atoms with Gasteiger partial charge >= 0.3 is 0 Å². The maximum Gasteiger partial charge on any atom is 0.191 e. The van der Waals surface area contributed by atoms with Crippen LogP contribution in [0.25, 0.3) is 0 Å². The number of nitrogens with zero attached hydrogens (tertiary/aromatic N) is 1. The zero-order chi connectivity index (χ0) is 14.9. The molecule has 0 saturated heterocycles. The predicted octanol–water partition coefficient (Wildman–Crippen LogP) is 3.64. The molecule has 2 N–H and O–H groups in total. The van der Waals surface area contributed by atoms with Crippen molar-refractivity contribution in [3.63, 3.8) is 0 Å². The number of halogens is 1. The van der Waals surface area contributed by atoms with Crippen molar-refractivity contribution in [2.45, 2.75) is 32.1 Å². The third-order valence-corrected chi connectivity index (χ3v) is 4.54. The molecule has 1 aromatic carbocycles. The molecule has 1 atom stereocenters. The normalized spacial score (nSPS) is 16.3. The molecular formula is C17H28IN3S. The molecule has 2 rings (SSSR count). The first-order chi connectivity index (χ1) is 10.3. The van der Waals surface area contributed by atoms with Crippen LogP contribution in [0.1, 0.15) is 36.8 Å². The Hall–Kier alpha value is -0.430. The minimum Gasteiger partial charge on any atom is -0.357 e.